The Balaban J connectivity index is 1.64. The summed E-state index contributed by atoms with van der Waals surface area (Å²) in [6.45, 7) is 12.6. The second kappa shape index (κ2) is 9.89. The molecular formula is C27H34N4O2S. The fourth-order valence-electron chi connectivity index (χ4n) is 3.54. The molecule has 0 atom stereocenters. The molecule has 2 aromatic carbocycles. The Morgan fingerprint density at radius 3 is 2.00 bits per heavy atom. The van der Waals surface area contributed by atoms with Crippen LogP contribution in [0.4, 0.5) is 16.2 Å². The number of amidine groups is 1. The molecule has 1 heterocycles. The van der Waals surface area contributed by atoms with Gasteiger partial charge in [0.1, 0.15) is 11.6 Å². The van der Waals surface area contributed by atoms with Crippen molar-refractivity contribution in [1.29, 1.82) is 5.41 Å². The van der Waals surface area contributed by atoms with E-state index in [1.54, 1.807) is 0 Å². The Labute approximate surface area is 205 Å². The van der Waals surface area contributed by atoms with Crippen molar-refractivity contribution in [3.05, 3.63) is 75.5 Å². The molecule has 0 saturated heterocycles. The smallest absolute Gasteiger partial charge is 0.319 e. The highest BCUT2D eigenvalue weighted by atomic mass is 32.1. The first kappa shape index (κ1) is 25.3. The molecule has 2 amide bonds. The van der Waals surface area contributed by atoms with Crippen LogP contribution in [-0.2, 0) is 17.4 Å². The van der Waals surface area contributed by atoms with E-state index in [2.05, 4.69) is 16.0 Å². The van der Waals surface area contributed by atoms with Gasteiger partial charge in [0.2, 0.25) is 0 Å². The number of thiophene rings is 1. The van der Waals surface area contributed by atoms with E-state index in [0.29, 0.717) is 18.1 Å². The van der Waals surface area contributed by atoms with E-state index in [0.717, 1.165) is 27.3 Å². The molecule has 6 nitrogen and oxygen atoms in total. The van der Waals surface area contributed by atoms with Crippen molar-refractivity contribution in [3.8, 4) is 5.75 Å². The molecule has 0 aliphatic heterocycles. The molecule has 34 heavy (non-hydrogen) atoms. The number of rotatable bonds is 5. The van der Waals surface area contributed by atoms with E-state index < -0.39 is 0 Å². The second-order valence-electron chi connectivity index (χ2n) is 10.4. The molecule has 0 unspecified atom stereocenters. The van der Waals surface area contributed by atoms with Crippen LogP contribution in [0.5, 0.6) is 5.75 Å². The van der Waals surface area contributed by atoms with E-state index in [9.17, 15) is 9.90 Å². The van der Waals surface area contributed by atoms with Crippen LogP contribution in [0.2, 0.25) is 0 Å². The van der Waals surface area contributed by atoms with Gasteiger partial charge in [0, 0.05) is 29.0 Å². The van der Waals surface area contributed by atoms with E-state index in [1.807, 2.05) is 95.5 Å². The Kier molecular flexibility index (Phi) is 7.36. The van der Waals surface area contributed by atoms with Crippen LogP contribution in [0.25, 0.3) is 0 Å². The van der Waals surface area contributed by atoms with Gasteiger partial charge in [0.25, 0.3) is 0 Å². The quantitative estimate of drug-likeness (QED) is 0.158. The number of nitrogens with one attached hydrogen (secondary N) is 4. The van der Waals surface area contributed by atoms with E-state index >= 15 is 0 Å². The third-order valence-electron chi connectivity index (χ3n) is 5.43. The normalized spacial score (nSPS) is 11.7. The van der Waals surface area contributed by atoms with Gasteiger partial charge in [0.15, 0.2) is 0 Å². The molecule has 5 N–H and O–H groups in total. The third kappa shape index (κ3) is 6.38. The molecule has 7 heteroatoms. The van der Waals surface area contributed by atoms with Gasteiger partial charge in [-0.25, -0.2) is 4.79 Å². The SMILES string of the molecule is CC(C)(C)c1cc(NC(=O)NCc2ccc(NC(=N)c3cccs3)cc2)cc(C(C)(C)C)c1O. The summed E-state index contributed by atoms with van der Waals surface area (Å²) < 4.78 is 0. The van der Waals surface area contributed by atoms with Gasteiger partial charge in [-0.1, -0.05) is 59.7 Å². The summed E-state index contributed by atoms with van der Waals surface area (Å²) in [5.41, 5.74) is 3.47. The average Bonchev–Trinajstić information content (AvgIpc) is 3.28. The number of aromatic hydroxyl groups is 1. The van der Waals surface area contributed by atoms with Gasteiger partial charge in [-0.3, -0.25) is 5.41 Å². The third-order valence-corrected chi connectivity index (χ3v) is 6.32. The van der Waals surface area contributed by atoms with E-state index in [-0.39, 0.29) is 22.6 Å². The molecule has 1 aromatic heterocycles. The van der Waals surface area contributed by atoms with Crippen LogP contribution in [-0.4, -0.2) is 17.0 Å². The first-order valence-electron chi connectivity index (χ1n) is 11.3. The average molecular weight is 479 g/mol. The number of carbonyl (C=O) groups is 1. The fourth-order valence-corrected chi connectivity index (χ4v) is 4.17. The Bertz CT molecular complexity index is 1120. The number of benzene rings is 2. The topological polar surface area (TPSA) is 97.2 Å². The van der Waals surface area contributed by atoms with Gasteiger partial charge in [-0.2, -0.15) is 0 Å². The molecular weight excluding hydrogens is 444 g/mol. The van der Waals surface area contributed by atoms with Crippen LogP contribution in [0, 0.1) is 5.41 Å². The summed E-state index contributed by atoms with van der Waals surface area (Å²) >= 11 is 1.51. The predicted octanol–water partition coefficient (Wildman–Crippen LogP) is 6.81. The summed E-state index contributed by atoms with van der Waals surface area (Å²) in [5, 5.41) is 29.8. The van der Waals surface area contributed by atoms with Crippen molar-refractivity contribution in [3.63, 3.8) is 0 Å². The molecule has 0 saturated carbocycles. The second-order valence-corrected chi connectivity index (χ2v) is 11.3. The number of anilines is 2. The number of hydrogen-bond acceptors (Lipinski definition) is 4. The summed E-state index contributed by atoms with van der Waals surface area (Å²) in [7, 11) is 0. The van der Waals surface area contributed by atoms with Crippen molar-refractivity contribution in [2.24, 2.45) is 0 Å². The van der Waals surface area contributed by atoms with Gasteiger partial charge >= 0.3 is 6.03 Å². The number of hydrogen-bond donors (Lipinski definition) is 5. The number of carbonyl (C=O) groups excluding carboxylic acids is 1. The Morgan fingerprint density at radius 1 is 0.912 bits per heavy atom. The van der Waals surface area contributed by atoms with Crippen molar-refractivity contribution in [2.45, 2.75) is 58.9 Å². The molecule has 3 rings (SSSR count). The zero-order valence-corrected chi connectivity index (χ0v) is 21.5. The van der Waals surface area contributed by atoms with Crippen LogP contribution in [0.15, 0.2) is 53.9 Å². The molecule has 0 spiro atoms. The largest absolute Gasteiger partial charge is 0.507 e. The molecule has 180 valence electrons. The maximum absolute atomic E-state index is 12.6. The molecule has 0 radical (unpaired) electrons. The highest BCUT2D eigenvalue weighted by Crippen LogP contribution is 2.41. The molecule has 0 aliphatic carbocycles. The fraction of sp³-hybridized carbons (Fsp3) is 0.333. The standard InChI is InChI=1S/C27H34N4O2S/c1-26(2,3)20-14-19(15-21(23(20)32)27(4,5)6)31-25(33)29-16-17-9-11-18(12-10-17)30-24(28)22-8-7-13-34-22/h7-15,32H,16H2,1-6H3,(H2,28,30)(H2,29,31,33). The van der Waals surface area contributed by atoms with Crippen molar-refractivity contribution in [1.82, 2.24) is 5.32 Å². The summed E-state index contributed by atoms with van der Waals surface area (Å²) in [6, 6.07) is 14.8. The van der Waals surface area contributed by atoms with Gasteiger partial charge in [-0.15, -0.1) is 11.3 Å². The number of amides is 2. The summed E-state index contributed by atoms with van der Waals surface area (Å²) in [5.74, 6) is 0.644. The molecule has 0 bridgehead atoms. The Morgan fingerprint density at radius 2 is 1.50 bits per heavy atom. The lowest BCUT2D eigenvalue weighted by molar-refractivity contribution is 0.251. The van der Waals surface area contributed by atoms with Crippen molar-refractivity contribution < 1.29 is 9.90 Å². The van der Waals surface area contributed by atoms with Gasteiger partial charge < -0.3 is 21.1 Å². The number of urea groups is 1. The van der Waals surface area contributed by atoms with E-state index in [1.165, 1.54) is 11.3 Å². The minimum absolute atomic E-state index is 0.270. The van der Waals surface area contributed by atoms with Gasteiger partial charge in [-0.05, 0) is 52.1 Å². The van der Waals surface area contributed by atoms with Crippen LogP contribution >= 0.6 is 11.3 Å². The minimum Gasteiger partial charge on any atom is -0.507 e. The summed E-state index contributed by atoms with van der Waals surface area (Å²) in [4.78, 5) is 13.5. The van der Waals surface area contributed by atoms with Crippen molar-refractivity contribution >= 4 is 34.6 Å². The Hall–Kier alpha value is -3.32. The molecule has 0 aliphatic rings. The summed E-state index contributed by atoms with van der Waals surface area (Å²) in [6.07, 6.45) is 0. The zero-order chi connectivity index (χ0) is 25.1. The van der Waals surface area contributed by atoms with E-state index in [4.69, 9.17) is 5.41 Å². The van der Waals surface area contributed by atoms with Gasteiger partial charge in [0.05, 0.1) is 4.88 Å². The zero-order valence-electron chi connectivity index (χ0n) is 20.7. The van der Waals surface area contributed by atoms with Crippen LogP contribution in [0.3, 0.4) is 0 Å². The maximum Gasteiger partial charge on any atom is 0.319 e. The lowest BCUT2D eigenvalue weighted by atomic mass is 9.79. The van der Waals surface area contributed by atoms with Crippen molar-refractivity contribution in [2.75, 3.05) is 10.6 Å². The molecule has 0 fully saturated rings. The molecule has 3 aromatic rings. The maximum atomic E-state index is 12.6. The highest BCUT2D eigenvalue weighted by molar-refractivity contribution is 7.12. The monoisotopic (exact) mass is 478 g/mol. The minimum atomic E-state index is -0.313. The number of phenols is 1. The first-order valence-corrected chi connectivity index (χ1v) is 12.1. The first-order chi connectivity index (χ1) is 15.8. The van der Waals surface area contributed by atoms with Crippen LogP contribution < -0.4 is 16.0 Å². The van der Waals surface area contributed by atoms with Crippen LogP contribution in [0.1, 0.15) is 63.1 Å². The number of phenolic OH excluding ortho intramolecular Hbond substituents is 1. The lowest BCUT2D eigenvalue weighted by Crippen LogP contribution is -2.28. The predicted molar refractivity (Wildman–Crippen MR) is 143 cm³/mol. The lowest BCUT2D eigenvalue weighted by Gasteiger charge is -2.28. The highest BCUT2D eigenvalue weighted by Gasteiger charge is 2.26.